The Labute approximate surface area is 119 Å². The summed E-state index contributed by atoms with van der Waals surface area (Å²) >= 11 is 3.49. The molecule has 0 aliphatic rings. The molecule has 0 bridgehead atoms. The Bertz CT molecular complexity index is 352. The van der Waals surface area contributed by atoms with E-state index in [9.17, 15) is 0 Å². The highest BCUT2D eigenvalue weighted by Gasteiger charge is 2.07. The molecule has 2 nitrogen and oxygen atoms in total. The second-order valence-corrected chi connectivity index (χ2v) is 5.54. The van der Waals surface area contributed by atoms with E-state index < -0.39 is 0 Å². The van der Waals surface area contributed by atoms with Crippen molar-refractivity contribution in [3.05, 3.63) is 47.0 Å². The maximum absolute atomic E-state index is 5.62. The van der Waals surface area contributed by atoms with Gasteiger partial charge in [-0.2, -0.15) is 0 Å². The van der Waals surface area contributed by atoms with Gasteiger partial charge in [0.25, 0.3) is 0 Å². The van der Waals surface area contributed by atoms with Crippen LogP contribution in [0, 0.1) is 0 Å². The standard InChI is InChI=1S/C15H23BrN2/c1-2-3-4-5-6-10-15(18-17)12-13-8-7-9-14(16)11-13/h2,7-9,11,15,18H,1,3-6,10,12,17H2. The molecule has 1 unspecified atom stereocenters. The zero-order valence-corrected chi connectivity index (χ0v) is 12.5. The quantitative estimate of drug-likeness (QED) is 0.313. The molecule has 1 aromatic rings. The van der Waals surface area contributed by atoms with E-state index in [4.69, 9.17) is 5.84 Å². The lowest BCUT2D eigenvalue weighted by Gasteiger charge is -2.16. The first-order valence-corrected chi connectivity index (χ1v) is 7.37. The second-order valence-electron chi connectivity index (χ2n) is 4.62. The lowest BCUT2D eigenvalue weighted by atomic mass is 10.0. The highest BCUT2D eigenvalue weighted by atomic mass is 79.9. The Balaban J connectivity index is 2.30. The molecule has 1 rings (SSSR count). The van der Waals surface area contributed by atoms with Crippen LogP contribution in [0.25, 0.3) is 0 Å². The summed E-state index contributed by atoms with van der Waals surface area (Å²) in [5.74, 6) is 5.62. The fourth-order valence-corrected chi connectivity index (χ4v) is 2.50. The number of halogens is 1. The van der Waals surface area contributed by atoms with Crippen LogP contribution in [0.5, 0.6) is 0 Å². The smallest absolute Gasteiger partial charge is 0.0250 e. The summed E-state index contributed by atoms with van der Waals surface area (Å²) in [7, 11) is 0. The summed E-state index contributed by atoms with van der Waals surface area (Å²) in [6.45, 7) is 3.74. The van der Waals surface area contributed by atoms with E-state index in [1.54, 1.807) is 0 Å². The van der Waals surface area contributed by atoms with Crippen molar-refractivity contribution in [2.45, 2.75) is 44.6 Å². The molecule has 0 aromatic heterocycles. The number of benzene rings is 1. The number of hydrogen-bond acceptors (Lipinski definition) is 2. The third-order valence-electron chi connectivity index (χ3n) is 3.07. The van der Waals surface area contributed by atoms with Crippen molar-refractivity contribution in [1.82, 2.24) is 5.43 Å². The minimum Gasteiger partial charge on any atom is -0.271 e. The third kappa shape index (κ3) is 6.34. The number of hydrazine groups is 1. The minimum atomic E-state index is 0.364. The Hall–Kier alpha value is -0.640. The molecule has 0 radical (unpaired) electrons. The van der Waals surface area contributed by atoms with E-state index in [0.29, 0.717) is 6.04 Å². The largest absolute Gasteiger partial charge is 0.271 e. The number of nitrogens with two attached hydrogens (primary N) is 1. The van der Waals surface area contributed by atoms with Gasteiger partial charge in [-0.05, 0) is 43.4 Å². The van der Waals surface area contributed by atoms with Crippen LogP contribution in [0.4, 0.5) is 0 Å². The van der Waals surface area contributed by atoms with Gasteiger partial charge in [0.1, 0.15) is 0 Å². The van der Waals surface area contributed by atoms with Gasteiger partial charge in [0.2, 0.25) is 0 Å². The zero-order chi connectivity index (χ0) is 13.2. The minimum absolute atomic E-state index is 0.364. The lowest BCUT2D eigenvalue weighted by molar-refractivity contribution is 0.464. The van der Waals surface area contributed by atoms with Gasteiger partial charge in [-0.3, -0.25) is 11.3 Å². The van der Waals surface area contributed by atoms with Gasteiger partial charge in [0, 0.05) is 10.5 Å². The average Bonchev–Trinajstić information content (AvgIpc) is 2.37. The molecule has 0 saturated heterocycles. The van der Waals surface area contributed by atoms with E-state index in [1.807, 2.05) is 12.1 Å². The fourth-order valence-electron chi connectivity index (χ4n) is 2.05. The second kappa shape index (κ2) is 9.31. The van der Waals surface area contributed by atoms with Crippen LogP contribution in [-0.4, -0.2) is 6.04 Å². The number of nitrogens with one attached hydrogen (secondary N) is 1. The Kier molecular flexibility index (Phi) is 7.98. The van der Waals surface area contributed by atoms with Crippen LogP contribution in [0.15, 0.2) is 41.4 Å². The van der Waals surface area contributed by atoms with Crippen LogP contribution < -0.4 is 11.3 Å². The number of unbranched alkanes of at least 4 members (excludes halogenated alkanes) is 3. The van der Waals surface area contributed by atoms with Gasteiger partial charge in [-0.15, -0.1) is 6.58 Å². The first-order chi connectivity index (χ1) is 8.76. The Morgan fingerprint density at radius 1 is 1.33 bits per heavy atom. The number of rotatable bonds is 9. The monoisotopic (exact) mass is 310 g/mol. The summed E-state index contributed by atoms with van der Waals surface area (Å²) in [5, 5.41) is 0. The zero-order valence-electron chi connectivity index (χ0n) is 10.9. The molecule has 0 heterocycles. The van der Waals surface area contributed by atoms with E-state index in [2.05, 4.69) is 46.1 Å². The molecule has 0 aliphatic heterocycles. The average molecular weight is 311 g/mol. The third-order valence-corrected chi connectivity index (χ3v) is 3.56. The fraction of sp³-hybridized carbons (Fsp3) is 0.467. The van der Waals surface area contributed by atoms with Crippen molar-refractivity contribution in [2.24, 2.45) is 5.84 Å². The molecule has 18 heavy (non-hydrogen) atoms. The molecule has 1 atom stereocenters. The number of hydrogen-bond donors (Lipinski definition) is 2. The predicted molar refractivity (Wildman–Crippen MR) is 82.2 cm³/mol. The summed E-state index contributed by atoms with van der Waals surface area (Å²) in [6, 6.07) is 8.78. The molecule has 3 N–H and O–H groups in total. The first-order valence-electron chi connectivity index (χ1n) is 6.57. The topological polar surface area (TPSA) is 38.0 Å². The van der Waals surface area contributed by atoms with Gasteiger partial charge >= 0.3 is 0 Å². The van der Waals surface area contributed by atoms with Crippen molar-refractivity contribution in [3.63, 3.8) is 0 Å². The van der Waals surface area contributed by atoms with E-state index in [1.165, 1.54) is 24.8 Å². The summed E-state index contributed by atoms with van der Waals surface area (Å²) in [5.41, 5.74) is 4.24. The molecular weight excluding hydrogens is 288 g/mol. The highest BCUT2D eigenvalue weighted by molar-refractivity contribution is 9.10. The highest BCUT2D eigenvalue weighted by Crippen LogP contribution is 2.15. The van der Waals surface area contributed by atoms with Gasteiger partial charge < -0.3 is 0 Å². The van der Waals surface area contributed by atoms with Crippen molar-refractivity contribution in [3.8, 4) is 0 Å². The Morgan fingerprint density at radius 2 is 2.17 bits per heavy atom. The van der Waals surface area contributed by atoms with Crippen LogP contribution in [0.3, 0.4) is 0 Å². The first kappa shape index (κ1) is 15.4. The normalized spacial score (nSPS) is 12.3. The van der Waals surface area contributed by atoms with Crippen molar-refractivity contribution in [2.75, 3.05) is 0 Å². The van der Waals surface area contributed by atoms with E-state index >= 15 is 0 Å². The molecular formula is C15H23BrN2. The molecule has 0 amide bonds. The summed E-state index contributed by atoms with van der Waals surface area (Å²) in [6.07, 6.45) is 8.92. The molecule has 100 valence electrons. The van der Waals surface area contributed by atoms with Crippen LogP contribution in [0.1, 0.15) is 37.7 Å². The van der Waals surface area contributed by atoms with Crippen molar-refractivity contribution < 1.29 is 0 Å². The molecule has 3 heteroatoms. The number of allylic oxidation sites excluding steroid dienone is 1. The maximum Gasteiger partial charge on any atom is 0.0250 e. The van der Waals surface area contributed by atoms with Crippen LogP contribution in [-0.2, 0) is 6.42 Å². The lowest BCUT2D eigenvalue weighted by Crippen LogP contribution is -2.36. The Morgan fingerprint density at radius 3 is 2.83 bits per heavy atom. The van der Waals surface area contributed by atoms with E-state index in [-0.39, 0.29) is 0 Å². The summed E-state index contributed by atoms with van der Waals surface area (Å²) < 4.78 is 1.13. The van der Waals surface area contributed by atoms with Gasteiger partial charge in [-0.1, -0.05) is 47.0 Å². The summed E-state index contributed by atoms with van der Waals surface area (Å²) in [4.78, 5) is 0. The van der Waals surface area contributed by atoms with Gasteiger partial charge in [0.15, 0.2) is 0 Å². The van der Waals surface area contributed by atoms with Crippen molar-refractivity contribution >= 4 is 15.9 Å². The van der Waals surface area contributed by atoms with Gasteiger partial charge in [0.05, 0.1) is 0 Å². The van der Waals surface area contributed by atoms with Crippen LogP contribution >= 0.6 is 15.9 Å². The molecule has 0 fully saturated rings. The molecule has 1 aromatic carbocycles. The molecule has 0 saturated carbocycles. The molecule has 0 spiro atoms. The maximum atomic E-state index is 5.62. The van der Waals surface area contributed by atoms with Gasteiger partial charge in [-0.25, -0.2) is 0 Å². The SMILES string of the molecule is C=CCCCCCC(Cc1cccc(Br)c1)NN. The van der Waals surface area contributed by atoms with E-state index in [0.717, 1.165) is 23.7 Å². The van der Waals surface area contributed by atoms with Crippen LogP contribution in [0.2, 0.25) is 0 Å². The molecule has 0 aliphatic carbocycles. The van der Waals surface area contributed by atoms with Crippen molar-refractivity contribution in [1.29, 1.82) is 0 Å². The predicted octanol–water partition coefficient (Wildman–Crippen LogP) is 3.96.